The predicted molar refractivity (Wildman–Crippen MR) is 206 cm³/mol. The Morgan fingerprint density at radius 3 is 2.24 bits per heavy atom. The summed E-state index contributed by atoms with van der Waals surface area (Å²) in [5.74, 6) is 0. The number of aryl methyl sites for hydroxylation is 4. The molecule has 0 saturated heterocycles. The first-order valence-corrected chi connectivity index (χ1v) is 18.3. The molecule has 1 unspecified atom stereocenters. The largest absolute Gasteiger partial charge is 0.454 e. The zero-order chi connectivity index (χ0) is 36.1. The second-order valence-electron chi connectivity index (χ2n) is 15.4. The molecule has 1 atom stereocenters. The molecule has 1 spiro atoms. The van der Waals surface area contributed by atoms with Crippen molar-refractivity contribution in [2.24, 2.45) is 5.41 Å². The van der Waals surface area contributed by atoms with E-state index in [0.29, 0.717) is 5.56 Å². The van der Waals surface area contributed by atoms with Crippen LogP contribution in [0.2, 0.25) is 0 Å². The van der Waals surface area contributed by atoms with Gasteiger partial charge in [0.15, 0.2) is 18.0 Å². The van der Waals surface area contributed by atoms with Crippen LogP contribution in [0.5, 0.6) is 0 Å². The first-order chi connectivity index (χ1) is 24.8. The summed E-state index contributed by atoms with van der Waals surface area (Å²) in [6.45, 7) is 14.6. The van der Waals surface area contributed by atoms with E-state index in [9.17, 15) is 2.74 Å². The number of fused-ring (bicyclic) bond motifs is 16. The lowest BCUT2D eigenvalue weighted by Crippen LogP contribution is -2.71. The number of furan rings is 1. The first-order valence-electron chi connectivity index (χ1n) is 18.5. The summed E-state index contributed by atoms with van der Waals surface area (Å²) in [7, 11) is 0. The van der Waals surface area contributed by atoms with Crippen LogP contribution in [0.25, 0.3) is 65.7 Å². The Hall–Kier alpha value is -5.06. The van der Waals surface area contributed by atoms with Crippen molar-refractivity contribution >= 4 is 43.4 Å². The molecule has 8 aromatic rings. The number of aromatic nitrogens is 2. The molecular formula is C46H40N2OS+2. The fourth-order valence-electron chi connectivity index (χ4n) is 8.91. The zero-order valence-electron chi connectivity index (χ0n) is 31.5. The summed E-state index contributed by atoms with van der Waals surface area (Å²) in [5, 5.41) is 3.37. The zero-order valence-corrected chi connectivity index (χ0v) is 30.3. The third kappa shape index (κ3) is 3.86. The summed E-state index contributed by atoms with van der Waals surface area (Å²) in [4.78, 5) is 1.26. The quantitative estimate of drug-likeness (QED) is 0.168. The van der Waals surface area contributed by atoms with E-state index in [4.69, 9.17) is 4.42 Å². The lowest BCUT2D eigenvalue weighted by Gasteiger charge is -2.23. The van der Waals surface area contributed by atoms with E-state index >= 15 is 0 Å². The number of thiophene rings is 1. The van der Waals surface area contributed by atoms with Crippen LogP contribution in [-0.2, 0) is 12.0 Å². The molecule has 4 aromatic carbocycles. The average Bonchev–Trinajstić information content (AvgIpc) is 3.82. The Morgan fingerprint density at radius 1 is 0.700 bits per heavy atom. The number of pyridine rings is 2. The molecule has 0 N–H and O–H groups in total. The van der Waals surface area contributed by atoms with Crippen molar-refractivity contribution < 1.29 is 16.3 Å². The Bertz CT molecular complexity index is 2850. The number of benzene rings is 4. The SMILES string of the molecule is [2H]C([2H])(c1cc2[n+](cc1-c1c(C)cccc1C)C1(c3ccccc3-c3ccc(C)c[n+]31)c1ccc3c(oc4c3ccc3cc(C)sc34)c1-2)C(C)(C)C. The topological polar surface area (TPSA) is 20.9 Å². The van der Waals surface area contributed by atoms with Crippen molar-refractivity contribution in [3.05, 3.63) is 142 Å². The van der Waals surface area contributed by atoms with E-state index in [1.807, 2.05) is 20.8 Å². The van der Waals surface area contributed by atoms with Crippen LogP contribution in [0.15, 0.2) is 108 Å². The molecule has 244 valence electrons. The Labute approximate surface area is 299 Å². The summed E-state index contributed by atoms with van der Waals surface area (Å²) < 4.78 is 32.8. The third-order valence-corrected chi connectivity index (χ3v) is 11.8. The molecule has 2 aliphatic rings. The molecule has 4 aromatic heterocycles. The van der Waals surface area contributed by atoms with E-state index < -0.39 is 17.5 Å². The van der Waals surface area contributed by atoms with E-state index in [1.165, 1.54) is 27.0 Å². The van der Waals surface area contributed by atoms with E-state index in [1.54, 1.807) is 11.3 Å². The van der Waals surface area contributed by atoms with Gasteiger partial charge in [-0.15, -0.1) is 20.5 Å². The van der Waals surface area contributed by atoms with Crippen molar-refractivity contribution in [1.29, 1.82) is 0 Å². The maximum Gasteiger partial charge on any atom is 0.417 e. The Kier molecular flexibility index (Phi) is 5.55. The molecule has 0 aliphatic carbocycles. The molecule has 0 amide bonds. The van der Waals surface area contributed by atoms with Crippen LogP contribution in [0.1, 0.15) is 61.8 Å². The normalized spacial score (nSPS) is 16.9. The van der Waals surface area contributed by atoms with Crippen LogP contribution in [0.4, 0.5) is 0 Å². The summed E-state index contributed by atoms with van der Waals surface area (Å²) in [5.41, 5.74) is 13.1. The monoisotopic (exact) mass is 670 g/mol. The minimum Gasteiger partial charge on any atom is -0.454 e. The van der Waals surface area contributed by atoms with Crippen LogP contribution in [-0.4, -0.2) is 0 Å². The number of nitrogens with zero attached hydrogens (tertiary/aromatic N) is 2. The molecule has 2 aliphatic heterocycles. The molecule has 0 bridgehead atoms. The summed E-state index contributed by atoms with van der Waals surface area (Å²) >= 11 is 1.78. The van der Waals surface area contributed by atoms with Crippen LogP contribution in [0, 0.1) is 33.1 Å². The molecule has 10 rings (SSSR count). The minimum atomic E-state index is -1.67. The van der Waals surface area contributed by atoms with Crippen molar-refractivity contribution in [2.75, 3.05) is 0 Å². The van der Waals surface area contributed by atoms with E-state index in [2.05, 4.69) is 140 Å². The maximum absolute atomic E-state index is 9.83. The second-order valence-corrected chi connectivity index (χ2v) is 16.6. The van der Waals surface area contributed by atoms with Gasteiger partial charge < -0.3 is 4.42 Å². The molecular weight excluding hydrogens is 629 g/mol. The minimum absolute atomic E-state index is 0.678. The first kappa shape index (κ1) is 27.7. The maximum atomic E-state index is 9.83. The van der Waals surface area contributed by atoms with Gasteiger partial charge in [0.2, 0.25) is 11.4 Å². The Morgan fingerprint density at radius 2 is 1.44 bits per heavy atom. The van der Waals surface area contributed by atoms with Crippen molar-refractivity contribution in [3.8, 4) is 33.6 Å². The van der Waals surface area contributed by atoms with Gasteiger partial charge >= 0.3 is 5.66 Å². The molecule has 0 fully saturated rings. The van der Waals surface area contributed by atoms with E-state index in [0.717, 1.165) is 71.4 Å². The highest BCUT2D eigenvalue weighted by atomic mass is 32.1. The van der Waals surface area contributed by atoms with Gasteiger partial charge in [-0.1, -0.05) is 57.2 Å². The molecule has 6 heterocycles. The van der Waals surface area contributed by atoms with Crippen LogP contribution >= 0.6 is 11.3 Å². The van der Waals surface area contributed by atoms with E-state index in [-0.39, 0.29) is 0 Å². The smallest absolute Gasteiger partial charge is 0.417 e. The van der Waals surface area contributed by atoms with Gasteiger partial charge in [0.25, 0.3) is 0 Å². The highest BCUT2D eigenvalue weighted by Gasteiger charge is 2.67. The predicted octanol–water partition coefficient (Wildman–Crippen LogP) is 11.1. The Balaban J connectivity index is 1.44. The van der Waals surface area contributed by atoms with Gasteiger partial charge in [-0.05, 0) is 110 Å². The van der Waals surface area contributed by atoms with Crippen molar-refractivity contribution in [2.45, 2.75) is 60.5 Å². The average molecular weight is 671 g/mol. The van der Waals surface area contributed by atoms with Crippen molar-refractivity contribution in [1.82, 2.24) is 0 Å². The highest BCUT2D eigenvalue weighted by Crippen LogP contribution is 2.52. The number of hydrogen-bond acceptors (Lipinski definition) is 2. The van der Waals surface area contributed by atoms with Crippen LogP contribution < -0.4 is 9.13 Å². The molecule has 0 saturated carbocycles. The summed E-state index contributed by atoms with van der Waals surface area (Å²) in [6.07, 6.45) is 2.88. The standard InChI is InChI=1S/C46H40N2OS/c1-26-15-20-38-34-13-8-9-14-36(34)46(47(38)24-26)37-19-18-32-33-17-16-30-21-29(4)50-44(30)43(33)49-42(32)41(37)39-22-31(23-45(5,6)7)35(25-48(39)46)40-27(2)11-10-12-28(40)3/h8-22,24-25H,23H2,1-7H3/q+2/i23D2. The lowest BCUT2D eigenvalue weighted by atomic mass is 9.83. The van der Waals surface area contributed by atoms with Crippen molar-refractivity contribution in [3.63, 3.8) is 0 Å². The van der Waals surface area contributed by atoms with Crippen LogP contribution in [0.3, 0.4) is 0 Å². The molecule has 50 heavy (non-hydrogen) atoms. The summed E-state index contributed by atoms with van der Waals surface area (Å²) in [6, 6.07) is 33.0. The molecule has 0 radical (unpaired) electrons. The lowest BCUT2D eigenvalue weighted by molar-refractivity contribution is -0.955. The fraction of sp³-hybridized carbons (Fsp3) is 0.217. The number of rotatable bonds is 2. The van der Waals surface area contributed by atoms with Gasteiger partial charge in [0, 0.05) is 41.7 Å². The third-order valence-electron chi connectivity index (χ3n) is 10.8. The molecule has 4 heteroatoms. The van der Waals surface area contributed by atoms with Gasteiger partial charge in [-0.2, -0.15) is 0 Å². The fourth-order valence-corrected chi connectivity index (χ4v) is 9.91. The van der Waals surface area contributed by atoms with Gasteiger partial charge in [0.1, 0.15) is 22.3 Å². The number of hydrogen-bond donors (Lipinski definition) is 0. The van der Waals surface area contributed by atoms with Gasteiger partial charge in [-0.25, -0.2) is 0 Å². The molecule has 3 nitrogen and oxygen atoms in total. The highest BCUT2D eigenvalue weighted by molar-refractivity contribution is 7.20. The van der Waals surface area contributed by atoms with Gasteiger partial charge in [0.05, 0.1) is 10.3 Å². The second kappa shape index (κ2) is 10.0. The van der Waals surface area contributed by atoms with Gasteiger partial charge in [-0.3, -0.25) is 0 Å².